The average Bonchev–Trinajstić information content (AvgIpc) is 2.84. The fraction of sp³-hybridized carbons (Fsp3) is 0.267. The Balaban J connectivity index is 2.23. The molecule has 0 aliphatic rings. The number of para-hydroxylation sites is 1. The zero-order valence-electron chi connectivity index (χ0n) is 11.5. The van der Waals surface area contributed by atoms with Gasteiger partial charge in [0, 0.05) is 17.1 Å². The van der Waals surface area contributed by atoms with Crippen LogP contribution in [0, 0.1) is 6.92 Å². The monoisotopic (exact) mass is 308 g/mol. The second kappa shape index (κ2) is 6.29. The van der Waals surface area contributed by atoms with Gasteiger partial charge in [0.25, 0.3) is 5.91 Å². The van der Waals surface area contributed by atoms with Crippen LogP contribution < -0.4 is 5.73 Å². The van der Waals surface area contributed by atoms with E-state index in [2.05, 4.69) is 0 Å². The Morgan fingerprint density at radius 3 is 2.70 bits per heavy atom. The molecule has 5 heteroatoms. The van der Waals surface area contributed by atoms with Gasteiger partial charge in [0.1, 0.15) is 0 Å². The van der Waals surface area contributed by atoms with Crippen LogP contribution >= 0.6 is 22.9 Å². The van der Waals surface area contributed by atoms with Crippen molar-refractivity contribution in [1.29, 1.82) is 0 Å². The minimum atomic E-state index is -0.0433. The van der Waals surface area contributed by atoms with E-state index in [1.165, 1.54) is 11.3 Å². The van der Waals surface area contributed by atoms with Crippen LogP contribution in [0.25, 0.3) is 0 Å². The van der Waals surface area contributed by atoms with E-state index in [1.54, 1.807) is 11.0 Å². The van der Waals surface area contributed by atoms with Gasteiger partial charge < -0.3 is 10.6 Å². The second-order valence-electron chi connectivity index (χ2n) is 4.56. The first-order chi connectivity index (χ1) is 9.52. The number of carbonyl (C=O) groups is 1. The first-order valence-electron chi connectivity index (χ1n) is 6.41. The highest BCUT2D eigenvalue weighted by Gasteiger charge is 2.18. The summed E-state index contributed by atoms with van der Waals surface area (Å²) in [5.74, 6) is -0.0433. The van der Waals surface area contributed by atoms with Gasteiger partial charge in [-0.25, -0.2) is 0 Å². The predicted octanol–water partition coefficient (Wildman–Crippen LogP) is 3.95. The molecule has 0 unspecified atom stereocenters. The molecule has 0 saturated carbocycles. The molecule has 1 amide bonds. The zero-order chi connectivity index (χ0) is 14.7. The number of halogens is 1. The van der Waals surface area contributed by atoms with Crippen molar-refractivity contribution in [2.75, 3.05) is 12.3 Å². The molecule has 0 aliphatic heterocycles. The van der Waals surface area contributed by atoms with Crippen molar-refractivity contribution in [1.82, 2.24) is 4.90 Å². The number of nitrogens with zero attached hydrogens (tertiary/aromatic N) is 1. The second-order valence-corrected chi connectivity index (χ2v) is 6.36. The van der Waals surface area contributed by atoms with Crippen molar-refractivity contribution >= 4 is 34.5 Å². The molecule has 0 radical (unpaired) electrons. The highest BCUT2D eigenvalue weighted by Crippen LogP contribution is 2.24. The molecule has 1 heterocycles. The highest BCUT2D eigenvalue weighted by atomic mass is 35.5. The third-order valence-corrected chi connectivity index (χ3v) is 4.41. The number of rotatable bonds is 4. The summed E-state index contributed by atoms with van der Waals surface area (Å²) in [4.78, 5) is 15.4. The van der Waals surface area contributed by atoms with E-state index < -0.39 is 0 Å². The quantitative estimate of drug-likeness (QED) is 0.869. The molecule has 3 nitrogen and oxygen atoms in total. The van der Waals surface area contributed by atoms with E-state index >= 15 is 0 Å². The summed E-state index contributed by atoms with van der Waals surface area (Å²) < 4.78 is 0.735. The molecular formula is C15H17ClN2OS. The van der Waals surface area contributed by atoms with Crippen LogP contribution in [-0.2, 0) is 6.54 Å². The van der Waals surface area contributed by atoms with Gasteiger partial charge in [-0.3, -0.25) is 4.79 Å². The summed E-state index contributed by atoms with van der Waals surface area (Å²) in [7, 11) is 0. The maximum absolute atomic E-state index is 12.6. The van der Waals surface area contributed by atoms with E-state index in [-0.39, 0.29) is 5.91 Å². The third kappa shape index (κ3) is 3.14. The molecule has 1 aromatic carbocycles. The smallest absolute Gasteiger partial charge is 0.256 e. The zero-order valence-corrected chi connectivity index (χ0v) is 13.1. The number of nitrogens with two attached hydrogens (primary N) is 1. The summed E-state index contributed by atoms with van der Waals surface area (Å²) in [5.41, 5.74) is 8.05. The molecule has 0 spiro atoms. The minimum absolute atomic E-state index is 0.0433. The molecule has 0 saturated heterocycles. The normalized spacial score (nSPS) is 10.6. The van der Waals surface area contributed by atoms with Gasteiger partial charge in [0.05, 0.1) is 16.4 Å². The number of nitrogen functional groups attached to an aromatic ring is 1. The number of thiophene rings is 1. The Hall–Kier alpha value is -1.52. The lowest BCUT2D eigenvalue weighted by atomic mass is 10.1. The fourth-order valence-electron chi connectivity index (χ4n) is 1.99. The van der Waals surface area contributed by atoms with Gasteiger partial charge >= 0.3 is 0 Å². The fourth-order valence-corrected chi connectivity index (χ4v) is 3.09. The number of benzene rings is 1. The first kappa shape index (κ1) is 14.9. The van der Waals surface area contributed by atoms with Crippen LogP contribution in [0.5, 0.6) is 0 Å². The first-order valence-corrected chi connectivity index (χ1v) is 7.61. The molecule has 2 aromatic rings. The molecule has 0 aliphatic carbocycles. The van der Waals surface area contributed by atoms with Gasteiger partial charge in [0.15, 0.2) is 0 Å². The van der Waals surface area contributed by atoms with Gasteiger partial charge in [-0.2, -0.15) is 0 Å². The number of carbonyl (C=O) groups excluding carboxylic acids is 1. The van der Waals surface area contributed by atoms with Crippen LogP contribution in [-0.4, -0.2) is 17.4 Å². The van der Waals surface area contributed by atoms with Crippen molar-refractivity contribution < 1.29 is 4.79 Å². The van der Waals surface area contributed by atoms with E-state index in [0.29, 0.717) is 24.3 Å². The van der Waals surface area contributed by atoms with Crippen molar-refractivity contribution in [3.63, 3.8) is 0 Å². The standard InChI is InChI=1S/C15H17ClN2OS/c1-3-18(9-11-7-8-13(16)20-11)15(19)12-6-4-5-10(2)14(12)17/h4-8H,3,9,17H2,1-2H3. The Kier molecular flexibility index (Phi) is 4.68. The largest absolute Gasteiger partial charge is 0.398 e. The molecule has 0 fully saturated rings. The molecule has 2 rings (SSSR count). The Labute approximate surface area is 128 Å². The van der Waals surface area contributed by atoms with Gasteiger partial charge in [0.2, 0.25) is 0 Å². The Morgan fingerprint density at radius 2 is 2.10 bits per heavy atom. The summed E-state index contributed by atoms with van der Waals surface area (Å²) in [6.07, 6.45) is 0. The SMILES string of the molecule is CCN(Cc1ccc(Cl)s1)C(=O)c1cccc(C)c1N. The molecule has 106 valence electrons. The molecule has 0 atom stereocenters. The average molecular weight is 309 g/mol. The number of aryl methyl sites for hydroxylation is 1. The highest BCUT2D eigenvalue weighted by molar-refractivity contribution is 7.16. The Morgan fingerprint density at radius 1 is 1.35 bits per heavy atom. The minimum Gasteiger partial charge on any atom is -0.398 e. The van der Waals surface area contributed by atoms with E-state index in [9.17, 15) is 4.79 Å². The van der Waals surface area contributed by atoms with Crippen LogP contribution in [0.3, 0.4) is 0 Å². The lowest BCUT2D eigenvalue weighted by molar-refractivity contribution is 0.0755. The van der Waals surface area contributed by atoms with Crippen molar-refractivity contribution in [2.24, 2.45) is 0 Å². The lowest BCUT2D eigenvalue weighted by Gasteiger charge is -2.21. The maximum Gasteiger partial charge on any atom is 0.256 e. The van der Waals surface area contributed by atoms with Crippen LogP contribution in [0.2, 0.25) is 4.34 Å². The summed E-state index contributed by atoms with van der Waals surface area (Å²) in [6.45, 7) is 5.04. The number of hydrogen-bond acceptors (Lipinski definition) is 3. The summed E-state index contributed by atoms with van der Waals surface area (Å²) in [6, 6.07) is 9.33. The third-order valence-electron chi connectivity index (χ3n) is 3.20. The van der Waals surface area contributed by atoms with E-state index in [0.717, 1.165) is 14.8 Å². The molecule has 20 heavy (non-hydrogen) atoms. The van der Waals surface area contributed by atoms with Crippen LogP contribution in [0.4, 0.5) is 5.69 Å². The van der Waals surface area contributed by atoms with Gasteiger partial charge in [-0.15, -0.1) is 11.3 Å². The number of anilines is 1. The number of amides is 1. The van der Waals surface area contributed by atoms with E-state index in [1.807, 2.05) is 38.1 Å². The predicted molar refractivity (Wildman–Crippen MR) is 85.3 cm³/mol. The van der Waals surface area contributed by atoms with Crippen LogP contribution in [0.15, 0.2) is 30.3 Å². The summed E-state index contributed by atoms with van der Waals surface area (Å²) in [5, 5.41) is 0. The molecule has 2 N–H and O–H groups in total. The lowest BCUT2D eigenvalue weighted by Crippen LogP contribution is -2.30. The molecular weight excluding hydrogens is 292 g/mol. The maximum atomic E-state index is 12.6. The summed E-state index contributed by atoms with van der Waals surface area (Å²) >= 11 is 7.42. The molecule has 0 bridgehead atoms. The van der Waals surface area contributed by atoms with Crippen molar-refractivity contribution in [2.45, 2.75) is 20.4 Å². The van der Waals surface area contributed by atoms with Crippen molar-refractivity contribution in [3.8, 4) is 0 Å². The van der Waals surface area contributed by atoms with Crippen LogP contribution in [0.1, 0.15) is 27.7 Å². The Bertz CT molecular complexity index is 624. The van der Waals surface area contributed by atoms with Crippen molar-refractivity contribution in [3.05, 3.63) is 50.7 Å². The van der Waals surface area contributed by atoms with Gasteiger partial charge in [-0.1, -0.05) is 23.7 Å². The number of hydrogen-bond donors (Lipinski definition) is 1. The topological polar surface area (TPSA) is 46.3 Å². The molecule has 1 aromatic heterocycles. The van der Waals surface area contributed by atoms with Gasteiger partial charge in [-0.05, 0) is 37.6 Å². The van der Waals surface area contributed by atoms with E-state index in [4.69, 9.17) is 17.3 Å².